The predicted molar refractivity (Wildman–Crippen MR) is 51.5 cm³/mol. The van der Waals surface area contributed by atoms with Crippen LogP contribution in [0, 0.1) is 10.1 Å². The number of methoxy groups -OCH3 is 1. The lowest BCUT2D eigenvalue weighted by atomic mass is 10.1. The number of rotatable bonds is 4. The fourth-order valence-electron chi connectivity index (χ4n) is 1.30. The number of aryl methyl sites for hydroxylation is 1. The molecule has 16 heavy (non-hydrogen) atoms. The minimum atomic E-state index is -1.31. The van der Waals surface area contributed by atoms with Gasteiger partial charge in [-0.15, -0.1) is 0 Å². The van der Waals surface area contributed by atoms with Crippen molar-refractivity contribution in [2.75, 3.05) is 7.11 Å². The van der Waals surface area contributed by atoms with Crippen LogP contribution in [0.5, 0.6) is 0 Å². The number of nitrogens with zero attached hydrogens (tertiary/aromatic N) is 3. The summed E-state index contributed by atoms with van der Waals surface area (Å²) < 4.78 is 5.52. The molecule has 1 heterocycles. The molecule has 1 aromatic rings. The van der Waals surface area contributed by atoms with Crippen molar-refractivity contribution in [3.05, 3.63) is 22.0 Å². The Labute approximate surface area is 90.6 Å². The fraction of sp³-hybridized carbons (Fsp3) is 0.500. The highest BCUT2D eigenvalue weighted by molar-refractivity contribution is 5.70. The summed E-state index contributed by atoms with van der Waals surface area (Å²) in [5.41, 5.74) is -0.339. The molecule has 8 heteroatoms. The normalized spacial score (nSPS) is 12.2. The Bertz CT molecular complexity index is 414. The van der Waals surface area contributed by atoms with Crippen LogP contribution in [0.25, 0.3) is 0 Å². The van der Waals surface area contributed by atoms with E-state index in [1.165, 1.54) is 14.2 Å². The van der Waals surface area contributed by atoms with E-state index in [1.807, 2.05) is 0 Å². The fourth-order valence-corrected chi connectivity index (χ4v) is 1.30. The van der Waals surface area contributed by atoms with Gasteiger partial charge in [-0.1, -0.05) is 0 Å². The quantitative estimate of drug-likeness (QED) is 0.439. The average Bonchev–Trinajstić information content (AvgIpc) is 2.59. The first-order valence-corrected chi connectivity index (χ1v) is 4.38. The molecule has 1 rings (SSSR count). The monoisotopic (exact) mass is 229 g/mol. The molecular weight excluding hydrogens is 218 g/mol. The molecule has 0 unspecified atom stereocenters. The second-order valence-corrected chi connectivity index (χ2v) is 3.09. The number of aromatic nitrogens is 2. The van der Waals surface area contributed by atoms with Crippen LogP contribution < -0.4 is 0 Å². The van der Waals surface area contributed by atoms with Gasteiger partial charge in [0, 0.05) is 7.05 Å². The predicted octanol–water partition coefficient (Wildman–Crippen LogP) is -0.0752. The molecule has 0 saturated carbocycles. The van der Waals surface area contributed by atoms with Crippen molar-refractivity contribution in [1.29, 1.82) is 0 Å². The SMILES string of the molecule is COC(=O)C[C@@H](O)c1c([N+](=O)[O-])cnn1C. The van der Waals surface area contributed by atoms with Crippen LogP contribution in [0.1, 0.15) is 18.2 Å². The van der Waals surface area contributed by atoms with Crippen molar-refractivity contribution in [3.8, 4) is 0 Å². The highest BCUT2D eigenvalue weighted by atomic mass is 16.6. The van der Waals surface area contributed by atoms with E-state index in [9.17, 15) is 20.0 Å². The first-order valence-electron chi connectivity index (χ1n) is 4.38. The first-order chi connectivity index (χ1) is 7.47. The number of esters is 1. The van der Waals surface area contributed by atoms with E-state index in [2.05, 4.69) is 9.84 Å². The van der Waals surface area contributed by atoms with Gasteiger partial charge in [-0.25, -0.2) is 0 Å². The summed E-state index contributed by atoms with van der Waals surface area (Å²) in [6.07, 6.45) is -0.632. The van der Waals surface area contributed by atoms with Gasteiger partial charge in [-0.05, 0) is 0 Å². The van der Waals surface area contributed by atoms with Crippen molar-refractivity contribution in [3.63, 3.8) is 0 Å². The molecule has 0 saturated heterocycles. The Kier molecular flexibility index (Phi) is 3.56. The van der Waals surface area contributed by atoms with Gasteiger partial charge in [-0.2, -0.15) is 5.10 Å². The van der Waals surface area contributed by atoms with Crippen LogP contribution in [0.2, 0.25) is 0 Å². The Morgan fingerprint density at radius 2 is 2.44 bits per heavy atom. The highest BCUT2D eigenvalue weighted by Crippen LogP contribution is 2.26. The van der Waals surface area contributed by atoms with Gasteiger partial charge in [0.2, 0.25) is 0 Å². The minimum absolute atomic E-state index is 0.0181. The minimum Gasteiger partial charge on any atom is -0.469 e. The Balaban J connectivity index is 2.97. The number of carbonyl (C=O) groups is 1. The van der Waals surface area contributed by atoms with Crippen LogP contribution in [0.15, 0.2) is 6.20 Å². The average molecular weight is 229 g/mol. The summed E-state index contributed by atoms with van der Waals surface area (Å²) in [5.74, 6) is -0.650. The van der Waals surface area contributed by atoms with Crippen LogP contribution in [-0.2, 0) is 16.6 Å². The van der Waals surface area contributed by atoms with E-state index in [4.69, 9.17) is 0 Å². The second kappa shape index (κ2) is 4.71. The maximum absolute atomic E-state index is 10.9. The lowest BCUT2D eigenvalue weighted by Crippen LogP contribution is -2.13. The molecule has 0 aliphatic rings. The first kappa shape index (κ1) is 12.1. The van der Waals surface area contributed by atoms with Gasteiger partial charge < -0.3 is 9.84 Å². The zero-order valence-electron chi connectivity index (χ0n) is 8.78. The van der Waals surface area contributed by atoms with Crippen molar-refractivity contribution < 1.29 is 19.6 Å². The molecule has 88 valence electrons. The maximum Gasteiger partial charge on any atom is 0.312 e. The molecule has 0 amide bonds. The molecule has 0 aliphatic heterocycles. The third-order valence-corrected chi connectivity index (χ3v) is 2.06. The third-order valence-electron chi connectivity index (χ3n) is 2.06. The zero-order chi connectivity index (χ0) is 12.3. The molecule has 0 fully saturated rings. The van der Waals surface area contributed by atoms with Crippen LogP contribution in [0.3, 0.4) is 0 Å². The Morgan fingerprint density at radius 3 is 2.94 bits per heavy atom. The van der Waals surface area contributed by atoms with Gasteiger partial charge in [0.05, 0.1) is 18.5 Å². The highest BCUT2D eigenvalue weighted by Gasteiger charge is 2.27. The summed E-state index contributed by atoms with van der Waals surface area (Å²) in [4.78, 5) is 20.9. The number of aliphatic hydroxyl groups excluding tert-OH is 1. The van der Waals surface area contributed by atoms with Crippen LogP contribution in [0.4, 0.5) is 5.69 Å². The standard InChI is InChI=1S/C8H11N3O5/c1-10-8(5(4-9-10)11(14)15)6(12)3-7(13)16-2/h4,6,12H,3H2,1-2H3/t6-/m1/s1. The number of carbonyl (C=O) groups excluding carboxylic acids is 1. The van der Waals surface area contributed by atoms with Crippen molar-refractivity contribution in [2.45, 2.75) is 12.5 Å². The van der Waals surface area contributed by atoms with Gasteiger partial charge in [0.15, 0.2) is 0 Å². The number of ether oxygens (including phenoxy) is 1. The van der Waals surface area contributed by atoms with E-state index >= 15 is 0 Å². The summed E-state index contributed by atoms with van der Waals surface area (Å²) in [6, 6.07) is 0. The number of hydrogen-bond acceptors (Lipinski definition) is 6. The molecule has 0 bridgehead atoms. The largest absolute Gasteiger partial charge is 0.469 e. The molecule has 1 aromatic heterocycles. The van der Waals surface area contributed by atoms with Crippen LogP contribution >= 0.6 is 0 Å². The van der Waals surface area contributed by atoms with E-state index in [0.29, 0.717) is 0 Å². The molecule has 0 radical (unpaired) electrons. The lowest BCUT2D eigenvalue weighted by Gasteiger charge is -2.08. The zero-order valence-corrected chi connectivity index (χ0v) is 8.78. The van der Waals surface area contributed by atoms with Gasteiger partial charge in [0.1, 0.15) is 18.0 Å². The van der Waals surface area contributed by atoms with Crippen molar-refractivity contribution in [2.24, 2.45) is 7.05 Å². The van der Waals surface area contributed by atoms with Crippen molar-refractivity contribution >= 4 is 11.7 Å². The number of nitro groups is 1. The van der Waals surface area contributed by atoms with Gasteiger partial charge in [0.25, 0.3) is 0 Å². The molecule has 8 nitrogen and oxygen atoms in total. The van der Waals surface area contributed by atoms with Crippen LogP contribution in [-0.4, -0.2) is 32.9 Å². The Morgan fingerprint density at radius 1 is 1.81 bits per heavy atom. The van der Waals surface area contributed by atoms with Gasteiger partial charge >= 0.3 is 11.7 Å². The second-order valence-electron chi connectivity index (χ2n) is 3.09. The molecule has 0 aromatic carbocycles. The summed E-state index contributed by atoms with van der Waals surface area (Å²) in [5, 5.41) is 23.9. The third kappa shape index (κ3) is 2.34. The van der Waals surface area contributed by atoms with E-state index in [-0.39, 0.29) is 17.8 Å². The lowest BCUT2D eigenvalue weighted by molar-refractivity contribution is -0.386. The van der Waals surface area contributed by atoms with E-state index in [1.54, 1.807) is 0 Å². The molecular formula is C8H11N3O5. The molecule has 1 N–H and O–H groups in total. The molecule has 1 atom stereocenters. The number of hydrogen-bond donors (Lipinski definition) is 1. The Hall–Kier alpha value is -1.96. The summed E-state index contributed by atoms with van der Waals surface area (Å²) in [6.45, 7) is 0. The van der Waals surface area contributed by atoms with Gasteiger partial charge in [-0.3, -0.25) is 19.6 Å². The summed E-state index contributed by atoms with van der Waals surface area (Å²) >= 11 is 0. The smallest absolute Gasteiger partial charge is 0.312 e. The summed E-state index contributed by atoms with van der Waals surface area (Å²) in [7, 11) is 2.62. The number of aliphatic hydroxyl groups is 1. The molecule has 0 aliphatic carbocycles. The van der Waals surface area contributed by atoms with Crippen molar-refractivity contribution in [1.82, 2.24) is 9.78 Å². The van der Waals surface area contributed by atoms with E-state index in [0.717, 1.165) is 10.9 Å². The van der Waals surface area contributed by atoms with E-state index < -0.39 is 17.0 Å². The maximum atomic E-state index is 10.9. The topological polar surface area (TPSA) is 107 Å². The molecule has 0 spiro atoms.